The Kier molecular flexibility index (Phi) is 2.27. The van der Waals surface area contributed by atoms with Gasteiger partial charge in [0.05, 0.1) is 5.97 Å². The molecule has 0 N–H and O–H groups in total. The number of carboxylic acid groups (broad SMARTS) is 1. The topological polar surface area (TPSA) is 40.1 Å². The van der Waals surface area contributed by atoms with Gasteiger partial charge in [-0.05, 0) is 29.7 Å². The number of allylic oxidation sites excluding steroid dienone is 1. The van der Waals surface area contributed by atoms with Gasteiger partial charge in [0, 0.05) is 0 Å². The SMILES string of the molecule is CC/C(=C\[C@H]1CC1(C)C)C(=O)[O-]. The second kappa shape index (κ2) is 2.92. The van der Waals surface area contributed by atoms with Crippen molar-refractivity contribution in [2.45, 2.75) is 33.6 Å². The molecule has 0 saturated heterocycles. The molecule has 1 atom stereocenters. The van der Waals surface area contributed by atoms with Gasteiger partial charge in [-0.2, -0.15) is 0 Å². The first-order valence-corrected chi connectivity index (χ1v) is 4.39. The van der Waals surface area contributed by atoms with E-state index in [-0.39, 0.29) is 0 Å². The van der Waals surface area contributed by atoms with Crippen molar-refractivity contribution in [2.24, 2.45) is 11.3 Å². The van der Waals surface area contributed by atoms with Crippen LogP contribution in [0.25, 0.3) is 0 Å². The lowest BCUT2D eigenvalue weighted by molar-refractivity contribution is -0.299. The van der Waals surface area contributed by atoms with Crippen molar-refractivity contribution in [1.82, 2.24) is 0 Å². The molecule has 12 heavy (non-hydrogen) atoms. The van der Waals surface area contributed by atoms with Crippen molar-refractivity contribution in [3.63, 3.8) is 0 Å². The van der Waals surface area contributed by atoms with Gasteiger partial charge >= 0.3 is 0 Å². The van der Waals surface area contributed by atoms with E-state index in [1.54, 1.807) is 0 Å². The van der Waals surface area contributed by atoms with Gasteiger partial charge in [-0.3, -0.25) is 0 Å². The lowest BCUT2D eigenvalue weighted by Gasteiger charge is -2.05. The van der Waals surface area contributed by atoms with E-state index in [2.05, 4.69) is 13.8 Å². The normalized spacial score (nSPS) is 26.9. The molecule has 0 aromatic heterocycles. The Morgan fingerprint density at radius 1 is 1.67 bits per heavy atom. The zero-order valence-corrected chi connectivity index (χ0v) is 7.89. The maximum Gasteiger partial charge on any atom is 0.0671 e. The molecule has 0 radical (unpaired) electrons. The first-order chi connectivity index (χ1) is 5.47. The summed E-state index contributed by atoms with van der Waals surface area (Å²) in [5.41, 5.74) is 0.765. The standard InChI is InChI=1S/C10H16O2/c1-4-7(9(11)12)5-8-6-10(8,2)3/h5,8H,4,6H2,1-3H3,(H,11,12)/p-1/b7-5+/t8-/m0/s1. The molecule has 2 nitrogen and oxygen atoms in total. The fourth-order valence-corrected chi connectivity index (χ4v) is 1.37. The predicted molar refractivity (Wildman–Crippen MR) is 45.3 cm³/mol. The number of carboxylic acids is 1. The van der Waals surface area contributed by atoms with E-state index < -0.39 is 5.97 Å². The molecule has 68 valence electrons. The summed E-state index contributed by atoms with van der Waals surface area (Å²) < 4.78 is 0. The van der Waals surface area contributed by atoms with E-state index in [1.807, 2.05) is 13.0 Å². The van der Waals surface area contributed by atoms with Crippen LogP contribution in [0.1, 0.15) is 33.6 Å². The highest BCUT2D eigenvalue weighted by atomic mass is 16.4. The third-order valence-electron chi connectivity index (χ3n) is 2.64. The van der Waals surface area contributed by atoms with Gasteiger partial charge in [0.25, 0.3) is 0 Å². The van der Waals surface area contributed by atoms with Crippen molar-refractivity contribution >= 4 is 5.97 Å². The number of carbonyl (C=O) groups excluding carboxylic acids is 1. The van der Waals surface area contributed by atoms with Crippen molar-refractivity contribution in [2.75, 3.05) is 0 Å². The molecule has 1 saturated carbocycles. The van der Waals surface area contributed by atoms with Crippen molar-refractivity contribution in [3.05, 3.63) is 11.6 Å². The summed E-state index contributed by atoms with van der Waals surface area (Å²) in [5, 5.41) is 10.5. The predicted octanol–water partition coefficient (Wildman–Crippen LogP) is 1.12. The maximum atomic E-state index is 10.5. The lowest BCUT2D eigenvalue weighted by atomic mass is 10.1. The first-order valence-electron chi connectivity index (χ1n) is 4.39. The van der Waals surface area contributed by atoms with Crippen molar-refractivity contribution in [1.29, 1.82) is 0 Å². The smallest absolute Gasteiger partial charge is 0.0671 e. The zero-order chi connectivity index (χ0) is 9.35. The van der Waals surface area contributed by atoms with Gasteiger partial charge in [0.15, 0.2) is 0 Å². The summed E-state index contributed by atoms with van der Waals surface area (Å²) in [5.74, 6) is -0.564. The van der Waals surface area contributed by atoms with Crippen LogP contribution in [0, 0.1) is 11.3 Å². The molecule has 0 heterocycles. The van der Waals surface area contributed by atoms with Crippen LogP contribution in [0.2, 0.25) is 0 Å². The van der Waals surface area contributed by atoms with Gasteiger partial charge in [-0.25, -0.2) is 0 Å². The number of hydrogen-bond acceptors (Lipinski definition) is 2. The Morgan fingerprint density at radius 2 is 2.17 bits per heavy atom. The van der Waals surface area contributed by atoms with Crippen molar-refractivity contribution in [3.8, 4) is 0 Å². The zero-order valence-electron chi connectivity index (χ0n) is 7.89. The van der Waals surface area contributed by atoms with Gasteiger partial charge in [0.1, 0.15) is 0 Å². The monoisotopic (exact) mass is 167 g/mol. The highest BCUT2D eigenvalue weighted by molar-refractivity contribution is 5.84. The molecular weight excluding hydrogens is 152 g/mol. The number of aliphatic carboxylic acids is 1. The Hall–Kier alpha value is -0.790. The molecule has 0 unspecified atom stereocenters. The van der Waals surface area contributed by atoms with E-state index in [1.165, 1.54) is 0 Å². The maximum absolute atomic E-state index is 10.5. The molecule has 0 aromatic carbocycles. The summed E-state index contributed by atoms with van der Waals surface area (Å²) in [6.45, 7) is 6.14. The molecule has 0 amide bonds. The summed E-state index contributed by atoms with van der Waals surface area (Å²) in [4.78, 5) is 10.5. The van der Waals surface area contributed by atoms with Crippen LogP contribution in [0.3, 0.4) is 0 Å². The number of carbonyl (C=O) groups is 1. The average molecular weight is 167 g/mol. The molecule has 1 aliphatic rings. The molecule has 0 spiro atoms. The van der Waals surface area contributed by atoms with Crippen molar-refractivity contribution < 1.29 is 9.90 Å². The molecule has 2 heteroatoms. The second-order valence-corrected chi connectivity index (χ2v) is 4.13. The summed E-state index contributed by atoms with van der Waals surface area (Å²) in [6, 6.07) is 0. The third kappa shape index (κ3) is 1.87. The fourth-order valence-electron chi connectivity index (χ4n) is 1.37. The van der Waals surface area contributed by atoms with Crippen LogP contribution in [-0.2, 0) is 4.79 Å². The van der Waals surface area contributed by atoms with Gasteiger partial charge in [-0.1, -0.05) is 26.8 Å². The minimum absolute atomic E-state index is 0.315. The van der Waals surface area contributed by atoms with Gasteiger partial charge < -0.3 is 9.90 Å². The Bertz CT molecular complexity index is 226. The van der Waals surface area contributed by atoms with Crippen LogP contribution in [0.4, 0.5) is 0 Å². The van der Waals surface area contributed by atoms with E-state index in [9.17, 15) is 9.90 Å². The largest absolute Gasteiger partial charge is 0.545 e. The quantitative estimate of drug-likeness (QED) is 0.591. The van der Waals surface area contributed by atoms with Crippen LogP contribution in [-0.4, -0.2) is 5.97 Å². The summed E-state index contributed by atoms with van der Waals surface area (Å²) in [7, 11) is 0. The van der Waals surface area contributed by atoms with E-state index in [0.29, 0.717) is 23.3 Å². The highest BCUT2D eigenvalue weighted by Crippen LogP contribution is 2.52. The van der Waals surface area contributed by atoms with Crippen LogP contribution >= 0.6 is 0 Å². The minimum Gasteiger partial charge on any atom is -0.545 e. The van der Waals surface area contributed by atoms with E-state index in [4.69, 9.17) is 0 Å². The molecule has 1 fully saturated rings. The Labute approximate surface area is 73.3 Å². The third-order valence-corrected chi connectivity index (χ3v) is 2.64. The molecular formula is C10H15O2-. The van der Waals surface area contributed by atoms with Gasteiger partial charge in [0.2, 0.25) is 0 Å². The van der Waals surface area contributed by atoms with Crippen LogP contribution in [0.15, 0.2) is 11.6 Å². The first kappa shape index (κ1) is 9.30. The van der Waals surface area contributed by atoms with Crippen LogP contribution in [0.5, 0.6) is 0 Å². The fraction of sp³-hybridized carbons (Fsp3) is 0.700. The minimum atomic E-state index is -1.01. The summed E-state index contributed by atoms with van der Waals surface area (Å²) >= 11 is 0. The number of rotatable bonds is 3. The van der Waals surface area contributed by atoms with Gasteiger partial charge in [-0.15, -0.1) is 0 Å². The summed E-state index contributed by atoms with van der Waals surface area (Å²) in [6.07, 6.45) is 3.52. The highest BCUT2D eigenvalue weighted by Gasteiger charge is 2.43. The Balaban J connectivity index is 2.62. The molecule has 0 aliphatic heterocycles. The molecule has 1 aliphatic carbocycles. The van der Waals surface area contributed by atoms with E-state index in [0.717, 1.165) is 6.42 Å². The Morgan fingerprint density at radius 3 is 2.42 bits per heavy atom. The average Bonchev–Trinajstić information content (AvgIpc) is 2.53. The second-order valence-electron chi connectivity index (χ2n) is 4.13. The molecule has 1 rings (SSSR count). The molecule has 0 aromatic rings. The number of hydrogen-bond donors (Lipinski definition) is 0. The molecule has 0 bridgehead atoms. The van der Waals surface area contributed by atoms with Crippen LogP contribution < -0.4 is 5.11 Å². The van der Waals surface area contributed by atoms with E-state index >= 15 is 0 Å². The lowest BCUT2D eigenvalue weighted by Crippen LogP contribution is -2.24.